The molecule has 0 radical (unpaired) electrons. The number of ether oxygens (including phenoxy) is 1. The average molecular weight is 373 g/mol. The van der Waals surface area contributed by atoms with Gasteiger partial charge >= 0.3 is 0 Å². The molecule has 0 spiro atoms. The van der Waals surface area contributed by atoms with Gasteiger partial charge in [0.1, 0.15) is 5.75 Å². The minimum absolute atomic E-state index is 0.00835. The summed E-state index contributed by atoms with van der Waals surface area (Å²) in [5, 5.41) is 0.886. The third kappa shape index (κ3) is 4.54. The fourth-order valence-electron chi connectivity index (χ4n) is 2.78. The van der Waals surface area contributed by atoms with Crippen LogP contribution in [0.3, 0.4) is 0 Å². The molecule has 1 aliphatic rings. The van der Waals surface area contributed by atoms with Gasteiger partial charge in [-0.2, -0.15) is 0 Å². The number of piperidine rings is 1. The number of carbonyl (C=O) groups excluding carboxylic acids is 2. The Morgan fingerprint density at radius 1 is 1.25 bits per heavy atom. The van der Waals surface area contributed by atoms with Crippen molar-refractivity contribution in [3.8, 4) is 5.75 Å². The smallest absolute Gasteiger partial charge is 0.263 e. The SMILES string of the molecule is CC(Oc1ccc(Cl)cc1Cl)C(=O)N1CCC(C(=O)N(C)C)CC1. The van der Waals surface area contributed by atoms with E-state index in [9.17, 15) is 9.59 Å². The first kappa shape index (κ1) is 18.9. The summed E-state index contributed by atoms with van der Waals surface area (Å²) in [6.45, 7) is 2.82. The van der Waals surface area contributed by atoms with Gasteiger partial charge in [0.2, 0.25) is 5.91 Å². The fourth-order valence-corrected chi connectivity index (χ4v) is 3.23. The Balaban J connectivity index is 1.91. The highest BCUT2D eigenvalue weighted by atomic mass is 35.5. The van der Waals surface area contributed by atoms with E-state index in [-0.39, 0.29) is 17.7 Å². The van der Waals surface area contributed by atoms with Crippen molar-refractivity contribution in [1.29, 1.82) is 0 Å². The van der Waals surface area contributed by atoms with E-state index in [1.165, 1.54) is 0 Å². The van der Waals surface area contributed by atoms with Gasteiger partial charge in [-0.1, -0.05) is 23.2 Å². The fraction of sp³-hybridized carbons (Fsp3) is 0.529. The number of amides is 2. The van der Waals surface area contributed by atoms with E-state index in [4.69, 9.17) is 27.9 Å². The zero-order chi connectivity index (χ0) is 17.9. The van der Waals surface area contributed by atoms with Gasteiger partial charge in [-0.25, -0.2) is 0 Å². The van der Waals surface area contributed by atoms with Crippen molar-refractivity contribution in [2.75, 3.05) is 27.2 Å². The summed E-state index contributed by atoms with van der Waals surface area (Å²) < 4.78 is 5.67. The Kier molecular flexibility index (Phi) is 6.35. The van der Waals surface area contributed by atoms with Gasteiger partial charge < -0.3 is 14.5 Å². The lowest BCUT2D eigenvalue weighted by atomic mass is 9.95. The van der Waals surface area contributed by atoms with Gasteiger partial charge in [-0.3, -0.25) is 9.59 Å². The molecule has 2 amide bonds. The second-order valence-electron chi connectivity index (χ2n) is 6.17. The molecular formula is C17H22Cl2N2O3. The van der Waals surface area contributed by atoms with Crippen LogP contribution in [0.4, 0.5) is 0 Å². The Morgan fingerprint density at radius 2 is 1.88 bits per heavy atom. The van der Waals surface area contributed by atoms with Crippen LogP contribution in [-0.4, -0.2) is 54.9 Å². The van der Waals surface area contributed by atoms with Crippen LogP contribution >= 0.6 is 23.2 Å². The maximum absolute atomic E-state index is 12.5. The Labute approximate surface area is 152 Å². The number of hydrogen-bond acceptors (Lipinski definition) is 3. The monoisotopic (exact) mass is 372 g/mol. The van der Waals surface area contributed by atoms with Crippen molar-refractivity contribution >= 4 is 35.0 Å². The lowest BCUT2D eigenvalue weighted by Crippen LogP contribution is -2.47. The van der Waals surface area contributed by atoms with Crippen molar-refractivity contribution in [2.45, 2.75) is 25.9 Å². The number of halogens is 2. The number of hydrogen-bond donors (Lipinski definition) is 0. The summed E-state index contributed by atoms with van der Waals surface area (Å²) >= 11 is 11.9. The molecule has 0 aliphatic carbocycles. The molecule has 1 aromatic carbocycles. The highest BCUT2D eigenvalue weighted by Crippen LogP contribution is 2.29. The standard InChI is InChI=1S/C17H22Cl2N2O3/c1-11(24-15-5-4-13(18)10-14(15)19)16(22)21-8-6-12(7-9-21)17(23)20(2)3/h4-5,10-12H,6-9H2,1-3H3. The molecule has 1 heterocycles. The quantitative estimate of drug-likeness (QED) is 0.815. The van der Waals surface area contributed by atoms with Gasteiger partial charge in [0.15, 0.2) is 6.10 Å². The normalized spacial score (nSPS) is 16.6. The van der Waals surface area contributed by atoms with E-state index >= 15 is 0 Å². The second kappa shape index (κ2) is 8.08. The van der Waals surface area contributed by atoms with Crippen molar-refractivity contribution in [1.82, 2.24) is 9.80 Å². The van der Waals surface area contributed by atoms with Gasteiger partial charge in [-0.05, 0) is 38.0 Å². The number of rotatable bonds is 4. The lowest BCUT2D eigenvalue weighted by molar-refractivity contribution is -0.142. The lowest BCUT2D eigenvalue weighted by Gasteiger charge is -2.33. The molecule has 24 heavy (non-hydrogen) atoms. The first-order valence-corrected chi connectivity index (χ1v) is 8.67. The molecule has 0 bridgehead atoms. The van der Waals surface area contributed by atoms with Crippen molar-refractivity contribution in [3.63, 3.8) is 0 Å². The molecule has 1 fully saturated rings. The number of carbonyl (C=O) groups is 2. The molecule has 132 valence electrons. The van der Waals surface area contributed by atoms with Crippen molar-refractivity contribution in [3.05, 3.63) is 28.2 Å². The molecule has 1 atom stereocenters. The van der Waals surface area contributed by atoms with E-state index in [1.807, 2.05) is 0 Å². The highest BCUT2D eigenvalue weighted by Gasteiger charge is 2.30. The van der Waals surface area contributed by atoms with Crippen LogP contribution in [-0.2, 0) is 9.59 Å². The Hall–Kier alpha value is -1.46. The summed E-state index contributed by atoms with van der Waals surface area (Å²) in [4.78, 5) is 27.9. The maximum atomic E-state index is 12.5. The molecule has 1 aromatic rings. The maximum Gasteiger partial charge on any atom is 0.263 e. The van der Waals surface area contributed by atoms with Gasteiger partial charge in [0, 0.05) is 38.1 Å². The molecule has 0 N–H and O–H groups in total. The third-order valence-corrected chi connectivity index (χ3v) is 4.67. The minimum atomic E-state index is -0.648. The summed E-state index contributed by atoms with van der Waals surface area (Å²) in [7, 11) is 3.51. The van der Waals surface area contributed by atoms with Crippen molar-refractivity contribution in [2.24, 2.45) is 5.92 Å². The van der Waals surface area contributed by atoms with Crippen LogP contribution in [0, 0.1) is 5.92 Å². The summed E-state index contributed by atoms with van der Waals surface area (Å²) in [5.41, 5.74) is 0. The van der Waals surface area contributed by atoms with Crippen LogP contribution in [0.25, 0.3) is 0 Å². The largest absolute Gasteiger partial charge is 0.479 e. The van der Waals surface area contributed by atoms with E-state index in [0.29, 0.717) is 41.7 Å². The summed E-state index contributed by atoms with van der Waals surface area (Å²) in [6, 6.07) is 4.89. The van der Waals surface area contributed by atoms with E-state index < -0.39 is 6.10 Å². The zero-order valence-electron chi connectivity index (χ0n) is 14.1. The molecular weight excluding hydrogens is 351 g/mol. The van der Waals surface area contributed by atoms with Crippen LogP contribution < -0.4 is 4.74 Å². The molecule has 0 saturated carbocycles. The van der Waals surface area contributed by atoms with Gasteiger partial charge in [-0.15, -0.1) is 0 Å². The molecule has 1 saturated heterocycles. The first-order chi connectivity index (χ1) is 11.3. The zero-order valence-corrected chi connectivity index (χ0v) is 15.6. The molecule has 5 nitrogen and oxygen atoms in total. The minimum Gasteiger partial charge on any atom is -0.479 e. The molecule has 0 aromatic heterocycles. The van der Waals surface area contributed by atoms with E-state index in [0.717, 1.165) is 0 Å². The van der Waals surface area contributed by atoms with E-state index in [2.05, 4.69) is 0 Å². The number of likely N-dealkylation sites (tertiary alicyclic amines) is 1. The number of benzene rings is 1. The van der Waals surface area contributed by atoms with Gasteiger partial charge in [0.25, 0.3) is 5.91 Å². The number of nitrogens with zero attached hydrogens (tertiary/aromatic N) is 2. The topological polar surface area (TPSA) is 49.9 Å². The van der Waals surface area contributed by atoms with Crippen LogP contribution in [0.5, 0.6) is 5.75 Å². The van der Waals surface area contributed by atoms with Gasteiger partial charge in [0.05, 0.1) is 5.02 Å². The van der Waals surface area contributed by atoms with Crippen LogP contribution in [0.2, 0.25) is 10.0 Å². The predicted molar refractivity (Wildman–Crippen MR) is 94.6 cm³/mol. The summed E-state index contributed by atoms with van der Waals surface area (Å²) in [5.74, 6) is 0.446. The summed E-state index contributed by atoms with van der Waals surface area (Å²) in [6.07, 6.45) is 0.707. The average Bonchev–Trinajstić information content (AvgIpc) is 2.56. The molecule has 1 unspecified atom stereocenters. The predicted octanol–water partition coefficient (Wildman–Crippen LogP) is 3.09. The van der Waals surface area contributed by atoms with Crippen molar-refractivity contribution < 1.29 is 14.3 Å². The van der Waals surface area contributed by atoms with Crippen LogP contribution in [0.1, 0.15) is 19.8 Å². The first-order valence-electron chi connectivity index (χ1n) is 7.91. The molecule has 2 rings (SSSR count). The third-order valence-electron chi connectivity index (χ3n) is 4.14. The Morgan fingerprint density at radius 3 is 2.42 bits per heavy atom. The molecule has 7 heteroatoms. The highest BCUT2D eigenvalue weighted by molar-refractivity contribution is 6.35. The second-order valence-corrected chi connectivity index (χ2v) is 7.01. The Bertz CT molecular complexity index is 614. The van der Waals surface area contributed by atoms with Crippen LogP contribution in [0.15, 0.2) is 18.2 Å². The molecule has 1 aliphatic heterocycles. The van der Waals surface area contributed by atoms with E-state index in [1.54, 1.807) is 49.0 Å².